The van der Waals surface area contributed by atoms with Gasteiger partial charge in [-0.05, 0) is 52.0 Å². The van der Waals surface area contributed by atoms with Crippen molar-refractivity contribution in [3.8, 4) is 0 Å². The first-order valence-electron chi connectivity index (χ1n) is 8.20. The molecule has 0 fully saturated rings. The summed E-state index contributed by atoms with van der Waals surface area (Å²) >= 11 is 3.12. The van der Waals surface area contributed by atoms with Gasteiger partial charge in [-0.1, -0.05) is 6.08 Å². The van der Waals surface area contributed by atoms with Gasteiger partial charge < -0.3 is 4.74 Å². The zero-order valence-electron chi connectivity index (χ0n) is 15.1. The molecule has 3 heterocycles. The van der Waals surface area contributed by atoms with Crippen LogP contribution in [0.1, 0.15) is 48.5 Å². The number of thiophene rings is 1. The molecule has 0 spiro atoms. The average Bonchev–Trinajstić information content (AvgIpc) is 3.11. The van der Waals surface area contributed by atoms with Crippen molar-refractivity contribution in [2.75, 3.05) is 12.8 Å². The molecule has 0 radical (unpaired) electrons. The molecule has 1 aromatic heterocycles. The van der Waals surface area contributed by atoms with E-state index in [0.29, 0.717) is 18.5 Å². The molecular formula is C18H22N2O3S2. The predicted octanol–water partition coefficient (Wildman–Crippen LogP) is 4.15. The van der Waals surface area contributed by atoms with Crippen LogP contribution in [0, 0.1) is 0 Å². The van der Waals surface area contributed by atoms with Crippen LogP contribution >= 0.6 is 23.1 Å². The molecule has 134 valence electrons. The second-order valence-electron chi connectivity index (χ2n) is 7.11. The van der Waals surface area contributed by atoms with Crippen LogP contribution in [0.2, 0.25) is 0 Å². The van der Waals surface area contributed by atoms with Gasteiger partial charge >= 0.3 is 6.09 Å². The lowest BCUT2D eigenvalue weighted by Gasteiger charge is -2.33. The lowest BCUT2D eigenvalue weighted by Crippen LogP contribution is -2.49. The van der Waals surface area contributed by atoms with E-state index in [9.17, 15) is 9.59 Å². The lowest BCUT2D eigenvalue weighted by molar-refractivity contribution is 0.0164. The molecule has 0 N–H and O–H groups in total. The van der Waals surface area contributed by atoms with Crippen molar-refractivity contribution in [2.24, 2.45) is 4.99 Å². The van der Waals surface area contributed by atoms with Crippen molar-refractivity contribution in [1.82, 2.24) is 4.90 Å². The summed E-state index contributed by atoms with van der Waals surface area (Å²) in [4.78, 5) is 32.5. The number of aliphatic imine (C=N–C) groups is 1. The number of imide groups is 1. The maximum Gasteiger partial charge on any atom is 0.417 e. The number of allylic oxidation sites excluding steroid dienone is 1. The minimum absolute atomic E-state index is 0.246. The topological polar surface area (TPSA) is 59.0 Å². The first-order chi connectivity index (χ1) is 11.7. The first-order valence-corrected chi connectivity index (χ1v) is 10.2. The third-order valence-corrected chi connectivity index (χ3v) is 6.37. The van der Waals surface area contributed by atoms with Crippen LogP contribution < -0.4 is 0 Å². The summed E-state index contributed by atoms with van der Waals surface area (Å²) in [6.45, 7) is 7.98. The summed E-state index contributed by atoms with van der Waals surface area (Å²) in [7, 11) is 0. The van der Waals surface area contributed by atoms with Gasteiger partial charge in [0.05, 0.1) is 26.9 Å². The lowest BCUT2D eigenvalue weighted by atomic mass is 9.95. The number of rotatable bonds is 2. The van der Waals surface area contributed by atoms with Crippen LogP contribution in [0.25, 0.3) is 0 Å². The Bertz CT molecular complexity index is 787. The van der Waals surface area contributed by atoms with E-state index in [0.717, 1.165) is 20.4 Å². The second-order valence-corrected chi connectivity index (χ2v) is 9.21. The van der Waals surface area contributed by atoms with Gasteiger partial charge in [-0.15, -0.1) is 23.1 Å². The van der Waals surface area contributed by atoms with Crippen LogP contribution in [-0.4, -0.2) is 47.1 Å². The summed E-state index contributed by atoms with van der Waals surface area (Å²) in [6.07, 6.45) is 6.02. The van der Waals surface area contributed by atoms with Crippen LogP contribution in [0.5, 0.6) is 0 Å². The summed E-state index contributed by atoms with van der Waals surface area (Å²) in [6, 6.07) is -0.246. The second kappa shape index (κ2) is 6.61. The highest BCUT2D eigenvalue weighted by Crippen LogP contribution is 2.41. The molecule has 2 amide bonds. The minimum Gasteiger partial charge on any atom is -0.443 e. The number of hydrogen-bond donors (Lipinski definition) is 0. The molecule has 3 rings (SSSR count). The van der Waals surface area contributed by atoms with E-state index in [1.807, 2.05) is 25.3 Å². The zero-order valence-corrected chi connectivity index (χ0v) is 16.7. The smallest absolute Gasteiger partial charge is 0.417 e. The van der Waals surface area contributed by atoms with Crippen LogP contribution in [0.3, 0.4) is 0 Å². The van der Waals surface area contributed by atoms with E-state index < -0.39 is 11.7 Å². The Labute approximate surface area is 156 Å². The number of hydrogen-bond acceptors (Lipinski definition) is 6. The number of thioether (sulfide) groups is 1. The summed E-state index contributed by atoms with van der Waals surface area (Å²) in [5.74, 6) is -0.266. The monoisotopic (exact) mass is 378 g/mol. The van der Waals surface area contributed by atoms with Crippen molar-refractivity contribution in [2.45, 2.75) is 50.0 Å². The number of carbonyl (C=O) groups is 2. The Kier molecular flexibility index (Phi) is 4.81. The third-order valence-electron chi connectivity index (χ3n) is 4.00. The largest absolute Gasteiger partial charge is 0.443 e. The van der Waals surface area contributed by atoms with Crippen LogP contribution in [0.4, 0.5) is 4.79 Å². The zero-order chi connectivity index (χ0) is 18.4. The van der Waals surface area contributed by atoms with Crippen molar-refractivity contribution in [3.63, 3.8) is 0 Å². The summed E-state index contributed by atoms with van der Waals surface area (Å²) in [5.41, 5.74) is 1.95. The first kappa shape index (κ1) is 18.2. The highest BCUT2D eigenvalue weighted by molar-refractivity contribution is 8.00. The van der Waals surface area contributed by atoms with E-state index >= 15 is 0 Å². The van der Waals surface area contributed by atoms with Crippen LogP contribution in [-0.2, 0) is 11.2 Å². The number of ether oxygens (including phenoxy) is 1. The van der Waals surface area contributed by atoms with Gasteiger partial charge in [-0.25, -0.2) is 9.69 Å². The Morgan fingerprint density at radius 1 is 1.44 bits per heavy atom. The molecule has 5 nitrogen and oxygen atoms in total. The standard InChI is InChI=1S/C18H22N2O3S2/c1-10-9-11-13(15(21)20(10)17(22)23-18(2,3)4)16(24-5)25-14(11)12-7-6-8-19-12/h6-7,10H,8-9H2,1-5H3. The molecule has 1 aromatic rings. The highest BCUT2D eigenvalue weighted by atomic mass is 32.2. The van der Waals surface area contributed by atoms with E-state index in [2.05, 4.69) is 4.99 Å². The Balaban J connectivity index is 2.02. The van der Waals surface area contributed by atoms with Gasteiger partial charge in [0, 0.05) is 6.04 Å². The van der Waals surface area contributed by atoms with Gasteiger partial charge in [0.2, 0.25) is 0 Å². The highest BCUT2D eigenvalue weighted by Gasteiger charge is 2.41. The van der Waals surface area contributed by atoms with Gasteiger partial charge in [0.1, 0.15) is 5.60 Å². The van der Waals surface area contributed by atoms with Crippen molar-refractivity contribution in [3.05, 3.63) is 28.2 Å². The molecular weight excluding hydrogens is 356 g/mol. The van der Waals surface area contributed by atoms with E-state index in [4.69, 9.17) is 4.74 Å². The molecule has 1 atom stereocenters. The number of nitrogens with zero attached hydrogens (tertiary/aromatic N) is 2. The average molecular weight is 379 g/mol. The minimum atomic E-state index is -0.636. The molecule has 0 aliphatic carbocycles. The van der Waals surface area contributed by atoms with Crippen LogP contribution in [0.15, 0.2) is 21.4 Å². The molecule has 1 unspecified atom stereocenters. The third kappa shape index (κ3) is 3.40. The van der Waals surface area contributed by atoms with Gasteiger partial charge in [0.15, 0.2) is 0 Å². The molecule has 7 heteroatoms. The van der Waals surface area contributed by atoms with Crippen molar-refractivity contribution in [1.29, 1.82) is 0 Å². The van der Waals surface area contributed by atoms with E-state index in [1.54, 1.807) is 32.1 Å². The van der Waals surface area contributed by atoms with Gasteiger partial charge in [-0.2, -0.15) is 0 Å². The molecule has 0 aromatic carbocycles. The van der Waals surface area contributed by atoms with Crippen molar-refractivity contribution < 1.29 is 14.3 Å². The fourth-order valence-electron chi connectivity index (χ4n) is 3.00. The summed E-state index contributed by atoms with van der Waals surface area (Å²) in [5, 5.41) is 0. The molecule has 2 aliphatic heterocycles. The Hall–Kier alpha value is -1.60. The maximum absolute atomic E-state index is 13.1. The number of fused-ring (bicyclic) bond motifs is 1. The number of carbonyl (C=O) groups excluding carboxylic acids is 2. The molecule has 0 bridgehead atoms. The Morgan fingerprint density at radius 3 is 2.72 bits per heavy atom. The molecule has 2 aliphatic rings. The van der Waals surface area contributed by atoms with Gasteiger partial charge in [-0.3, -0.25) is 9.79 Å². The quantitative estimate of drug-likeness (QED) is 0.726. The normalized spacial score (nSPS) is 19.9. The maximum atomic E-state index is 13.1. The predicted molar refractivity (Wildman–Crippen MR) is 102 cm³/mol. The van der Waals surface area contributed by atoms with Crippen molar-refractivity contribution >= 4 is 40.8 Å². The molecule has 25 heavy (non-hydrogen) atoms. The SMILES string of the molecule is CSc1sc(C2=NCC=C2)c2c1C(=O)N(C(=O)OC(C)(C)C)C(C)C2. The Morgan fingerprint density at radius 2 is 2.16 bits per heavy atom. The van der Waals surface area contributed by atoms with E-state index in [1.165, 1.54) is 16.7 Å². The molecule has 0 saturated heterocycles. The van der Waals surface area contributed by atoms with E-state index in [-0.39, 0.29) is 11.9 Å². The fourth-order valence-corrected chi connectivity index (χ4v) is 5.04. The molecule has 0 saturated carbocycles. The van der Waals surface area contributed by atoms with Gasteiger partial charge in [0.25, 0.3) is 5.91 Å². The number of amides is 2. The summed E-state index contributed by atoms with van der Waals surface area (Å²) < 4.78 is 6.37. The fraction of sp³-hybridized carbons (Fsp3) is 0.500.